The van der Waals surface area contributed by atoms with Crippen LogP contribution in [0.25, 0.3) is 10.4 Å². The van der Waals surface area contributed by atoms with Crippen LogP contribution < -0.4 is 16.4 Å². The van der Waals surface area contributed by atoms with E-state index in [-0.39, 0.29) is 18.0 Å². The Balaban J connectivity index is 1.74. The number of nitrogens with one attached hydrogen (secondary N) is 2. The van der Waals surface area contributed by atoms with Gasteiger partial charge in [0.25, 0.3) is 5.91 Å². The lowest BCUT2D eigenvalue weighted by atomic mass is 10.1. The topological polar surface area (TPSA) is 114 Å². The predicted octanol–water partition coefficient (Wildman–Crippen LogP) is 4.04. The van der Waals surface area contributed by atoms with E-state index in [4.69, 9.17) is 10.5 Å². The molecule has 4 N–H and O–H groups in total. The molecule has 9 heteroatoms. The minimum absolute atomic E-state index is 0.213. The van der Waals surface area contributed by atoms with Crippen LogP contribution in [0.15, 0.2) is 36.4 Å². The monoisotopic (exact) mass is 444 g/mol. The lowest BCUT2D eigenvalue weighted by Gasteiger charge is -2.34. The van der Waals surface area contributed by atoms with E-state index in [1.807, 2.05) is 51.1 Å². The summed E-state index contributed by atoms with van der Waals surface area (Å²) in [7, 11) is 0. The maximum Gasteiger partial charge on any atom is 0.410 e. The van der Waals surface area contributed by atoms with Crippen LogP contribution in [0.3, 0.4) is 0 Å². The largest absolute Gasteiger partial charge is 0.444 e. The van der Waals surface area contributed by atoms with Gasteiger partial charge < -0.3 is 20.7 Å². The van der Waals surface area contributed by atoms with Gasteiger partial charge in [-0.1, -0.05) is 30.3 Å². The quantitative estimate of drug-likeness (QED) is 0.660. The lowest BCUT2D eigenvalue weighted by Crippen LogP contribution is -2.50. The van der Waals surface area contributed by atoms with Gasteiger partial charge in [0.2, 0.25) is 0 Å². The second-order valence-corrected chi connectivity index (χ2v) is 9.50. The first-order valence-electron chi connectivity index (χ1n) is 10.2. The highest BCUT2D eigenvalue weighted by Crippen LogP contribution is 2.35. The van der Waals surface area contributed by atoms with E-state index in [0.717, 1.165) is 23.3 Å². The van der Waals surface area contributed by atoms with Crippen molar-refractivity contribution in [3.63, 3.8) is 0 Å². The number of nitrogens with zero attached hydrogens (tertiary/aromatic N) is 1. The Morgan fingerprint density at radius 3 is 2.55 bits per heavy atom. The summed E-state index contributed by atoms with van der Waals surface area (Å²) in [5.74, 6) is -0.321. The van der Waals surface area contributed by atoms with Crippen molar-refractivity contribution in [2.75, 3.05) is 18.4 Å². The van der Waals surface area contributed by atoms with Gasteiger partial charge in [-0.3, -0.25) is 10.1 Å². The number of hydrogen-bond acceptors (Lipinski definition) is 5. The van der Waals surface area contributed by atoms with Gasteiger partial charge in [-0.25, -0.2) is 9.59 Å². The number of piperidine rings is 1. The van der Waals surface area contributed by atoms with Crippen LogP contribution in [0.2, 0.25) is 0 Å². The molecule has 0 saturated carbocycles. The minimum atomic E-state index is -0.732. The second kappa shape index (κ2) is 9.38. The number of carbonyl (C=O) groups excluding carboxylic acids is 3. The fraction of sp³-hybridized carbons (Fsp3) is 0.409. The summed E-state index contributed by atoms with van der Waals surface area (Å²) >= 11 is 1.29. The Hall–Kier alpha value is -3.07. The van der Waals surface area contributed by atoms with Crippen molar-refractivity contribution in [2.24, 2.45) is 5.73 Å². The smallest absolute Gasteiger partial charge is 0.410 e. The Kier molecular flexibility index (Phi) is 6.84. The standard InChI is InChI=1S/C22H28N4O4S/c1-22(2,3)30-21(29)26-11-7-10-15(13-26)24-18(27)16-12-17(14-8-5-4-6-9-14)31-19(16)25-20(23)28/h4-6,8-9,12,15H,7,10-11,13H2,1-3H3,(H,24,27)(H3,23,25,28)/t15-/m0/s1. The van der Waals surface area contributed by atoms with Crippen molar-refractivity contribution < 1.29 is 19.1 Å². The first-order chi connectivity index (χ1) is 14.6. The number of nitrogens with two attached hydrogens (primary N) is 1. The van der Waals surface area contributed by atoms with Crippen molar-refractivity contribution in [2.45, 2.75) is 45.3 Å². The highest BCUT2D eigenvalue weighted by Gasteiger charge is 2.29. The average Bonchev–Trinajstić information content (AvgIpc) is 3.11. The van der Waals surface area contributed by atoms with Crippen LogP contribution in [0.4, 0.5) is 14.6 Å². The van der Waals surface area contributed by atoms with Gasteiger partial charge in [0.1, 0.15) is 10.6 Å². The van der Waals surface area contributed by atoms with Gasteiger partial charge >= 0.3 is 12.1 Å². The number of ether oxygens (including phenoxy) is 1. The van der Waals surface area contributed by atoms with Crippen molar-refractivity contribution in [3.8, 4) is 10.4 Å². The molecule has 0 spiro atoms. The van der Waals surface area contributed by atoms with E-state index in [1.54, 1.807) is 11.0 Å². The molecule has 2 aromatic rings. The molecular formula is C22H28N4O4S. The van der Waals surface area contributed by atoms with Crippen molar-refractivity contribution in [3.05, 3.63) is 42.0 Å². The van der Waals surface area contributed by atoms with E-state index in [2.05, 4.69) is 10.6 Å². The number of rotatable bonds is 4. The number of likely N-dealkylation sites (tertiary alicyclic amines) is 1. The molecule has 1 aromatic heterocycles. The van der Waals surface area contributed by atoms with E-state index in [1.165, 1.54) is 11.3 Å². The molecule has 0 bridgehead atoms. The van der Waals surface area contributed by atoms with Gasteiger partial charge in [0, 0.05) is 24.0 Å². The number of amides is 4. The summed E-state index contributed by atoms with van der Waals surface area (Å²) in [5, 5.41) is 5.93. The van der Waals surface area contributed by atoms with Gasteiger partial charge in [0.15, 0.2) is 0 Å². The first kappa shape index (κ1) is 22.6. The molecule has 1 saturated heterocycles. The third-order valence-corrected chi connectivity index (χ3v) is 5.78. The fourth-order valence-electron chi connectivity index (χ4n) is 3.36. The maximum atomic E-state index is 13.0. The van der Waals surface area contributed by atoms with Crippen LogP contribution in [0.5, 0.6) is 0 Å². The molecule has 0 aliphatic carbocycles. The predicted molar refractivity (Wildman–Crippen MR) is 121 cm³/mol. The summed E-state index contributed by atoms with van der Waals surface area (Å²) in [6.45, 7) is 6.42. The van der Waals surface area contributed by atoms with Crippen molar-refractivity contribution in [1.29, 1.82) is 0 Å². The third kappa shape index (κ3) is 6.21. The summed E-state index contributed by atoms with van der Waals surface area (Å²) in [6.07, 6.45) is 1.12. The highest BCUT2D eigenvalue weighted by molar-refractivity contribution is 7.20. The van der Waals surface area contributed by atoms with Crippen LogP contribution in [0.1, 0.15) is 44.0 Å². The number of carbonyl (C=O) groups is 3. The molecule has 166 valence electrons. The summed E-state index contributed by atoms with van der Waals surface area (Å²) in [4.78, 5) is 39.3. The molecule has 2 heterocycles. The van der Waals surface area contributed by atoms with Crippen LogP contribution in [-0.4, -0.2) is 47.7 Å². The van der Waals surface area contributed by atoms with Gasteiger partial charge in [-0.2, -0.15) is 0 Å². The van der Waals surface area contributed by atoms with Gasteiger partial charge in [0.05, 0.1) is 5.56 Å². The Morgan fingerprint density at radius 1 is 1.19 bits per heavy atom. The Labute approximate surface area is 185 Å². The summed E-state index contributed by atoms with van der Waals surface area (Å²) in [5.41, 5.74) is 6.00. The molecular weight excluding hydrogens is 416 g/mol. The number of primary amides is 1. The lowest BCUT2D eigenvalue weighted by molar-refractivity contribution is 0.0185. The van der Waals surface area contributed by atoms with E-state index in [9.17, 15) is 14.4 Å². The van der Waals surface area contributed by atoms with Crippen molar-refractivity contribution in [1.82, 2.24) is 10.2 Å². The zero-order chi connectivity index (χ0) is 22.6. The first-order valence-corrected chi connectivity index (χ1v) is 11.0. The Morgan fingerprint density at radius 2 is 1.90 bits per heavy atom. The molecule has 1 aliphatic heterocycles. The third-order valence-electron chi connectivity index (χ3n) is 4.68. The highest BCUT2D eigenvalue weighted by atomic mass is 32.1. The molecule has 3 rings (SSSR count). The van der Waals surface area contributed by atoms with E-state index in [0.29, 0.717) is 23.7 Å². The summed E-state index contributed by atoms with van der Waals surface area (Å²) < 4.78 is 5.44. The zero-order valence-corrected chi connectivity index (χ0v) is 18.8. The molecule has 0 radical (unpaired) electrons. The maximum absolute atomic E-state index is 13.0. The van der Waals surface area contributed by atoms with E-state index < -0.39 is 11.6 Å². The molecule has 1 aromatic carbocycles. The number of hydrogen-bond donors (Lipinski definition) is 3. The number of anilines is 1. The molecule has 1 aliphatic rings. The molecule has 31 heavy (non-hydrogen) atoms. The minimum Gasteiger partial charge on any atom is -0.444 e. The second-order valence-electron chi connectivity index (χ2n) is 8.45. The number of thiophene rings is 1. The van der Waals surface area contributed by atoms with Crippen LogP contribution in [-0.2, 0) is 4.74 Å². The number of benzene rings is 1. The van der Waals surface area contributed by atoms with Crippen LogP contribution >= 0.6 is 11.3 Å². The molecule has 0 unspecified atom stereocenters. The average molecular weight is 445 g/mol. The molecule has 4 amide bonds. The van der Waals surface area contributed by atoms with Gasteiger partial charge in [-0.05, 0) is 45.2 Å². The normalized spacial score (nSPS) is 16.5. The van der Waals surface area contributed by atoms with Crippen molar-refractivity contribution >= 4 is 34.4 Å². The zero-order valence-electron chi connectivity index (χ0n) is 17.9. The SMILES string of the molecule is CC(C)(C)OC(=O)N1CCC[C@H](NC(=O)c2cc(-c3ccccc3)sc2NC(N)=O)C1. The Bertz CT molecular complexity index is 952. The number of urea groups is 1. The van der Waals surface area contributed by atoms with Gasteiger partial charge in [-0.15, -0.1) is 11.3 Å². The molecule has 1 atom stereocenters. The molecule has 8 nitrogen and oxygen atoms in total. The molecule has 1 fully saturated rings. The van der Waals surface area contributed by atoms with Crippen LogP contribution in [0, 0.1) is 0 Å². The van der Waals surface area contributed by atoms with E-state index >= 15 is 0 Å². The summed E-state index contributed by atoms with van der Waals surface area (Å²) in [6, 6.07) is 10.4. The fourth-order valence-corrected chi connectivity index (χ4v) is 4.42.